The first-order chi connectivity index (χ1) is 21.3. The van der Waals surface area contributed by atoms with Crippen LogP contribution in [0, 0.1) is 0 Å². The van der Waals surface area contributed by atoms with Crippen LogP contribution in [-0.4, -0.2) is 19.3 Å². The van der Waals surface area contributed by atoms with Crippen molar-refractivity contribution in [3.8, 4) is 0 Å². The lowest BCUT2D eigenvalue weighted by molar-refractivity contribution is -0.0653. The Kier molecular flexibility index (Phi) is 18.1. The highest BCUT2D eigenvalue weighted by Gasteiger charge is 2.38. The van der Waals surface area contributed by atoms with Crippen LogP contribution >= 0.6 is 0 Å². The summed E-state index contributed by atoms with van der Waals surface area (Å²) in [6.45, 7) is 5.66. The molecule has 0 saturated heterocycles. The number of hydrogen-bond acceptors (Lipinski definition) is 2. The van der Waals surface area contributed by atoms with Crippen LogP contribution in [0.2, 0.25) is 0 Å². The molecule has 236 valence electrons. The first-order valence-corrected chi connectivity index (χ1v) is 17.7. The van der Waals surface area contributed by atoms with Crippen LogP contribution in [0.5, 0.6) is 0 Å². The average Bonchev–Trinajstić information content (AvgIpc) is 3.06. The molecule has 0 aliphatic rings. The van der Waals surface area contributed by atoms with E-state index in [1.807, 2.05) is 0 Å². The van der Waals surface area contributed by atoms with Gasteiger partial charge in [0.25, 0.3) is 0 Å². The Morgan fingerprint density at radius 3 is 1.16 bits per heavy atom. The van der Waals surface area contributed by atoms with Crippen LogP contribution < -0.4 is 0 Å². The number of ether oxygens (including phenoxy) is 2. The highest BCUT2D eigenvalue weighted by molar-refractivity contribution is 5.47. The average molecular weight is 585 g/mol. The Morgan fingerprint density at radius 2 is 0.814 bits per heavy atom. The van der Waals surface area contributed by atoms with Gasteiger partial charge in [-0.2, -0.15) is 0 Å². The van der Waals surface area contributed by atoms with E-state index in [0.29, 0.717) is 13.2 Å². The van der Waals surface area contributed by atoms with Gasteiger partial charge in [0.1, 0.15) is 5.60 Å². The minimum atomic E-state index is -0.687. The van der Waals surface area contributed by atoms with E-state index < -0.39 is 5.60 Å². The zero-order valence-corrected chi connectivity index (χ0v) is 27.5. The van der Waals surface area contributed by atoms with Crippen molar-refractivity contribution in [2.45, 2.75) is 135 Å². The second-order valence-electron chi connectivity index (χ2n) is 12.3. The van der Waals surface area contributed by atoms with Gasteiger partial charge in [0.05, 0.1) is 12.7 Å². The summed E-state index contributed by atoms with van der Waals surface area (Å²) in [6.07, 6.45) is 23.4. The number of unbranched alkanes of at least 4 members (excludes halogenated alkanes) is 15. The van der Waals surface area contributed by atoms with E-state index in [4.69, 9.17) is 9.47 Å². The van der Waals surface area contributed by atoms with Crippen molar-refractivity contribution in [2.24, 2.45) is 0 Å². The molecule has 2 nitrogen and oxygen atoms in total. The van der Waals surface area contributed by atoms with Gasteiger partial charge in [0.15, 0.2) is 0 Å². The van der Waals surface area contributed by atoms with Crippen molar-refractivity contribution in [1.29, 1.82) is 0 Å². The first-order valence-electron chi connectivity index (χ1n) is 17.7. The maximum atomic E-state index is 7.06. The molecular weight excluding hydrogens is 524 g/mol. The summed E-state index contributed by atoms with van der Waals surface area (Å²) in [7, 11) is 0. The van der Waals surface area contributed by atoms with Crippen molar-refractivity contribution in [1.82, 2.24) is 0 Å². The van der Waals surface area contributed by atoms with Crippen molar-refractivity contribution >= 4 is 0 Å². The van der Waals surface area contributed by atoms with Crippen molar-refractivity contribution < 1.29 is 9.47 Å². The van der Waals surface area contributed by atoms with E-state index in [-0.39, 0.29) is 6.10 Å². The largest absolute Gasteiger partial charge is 0.376 e. The van der Waals surface area contributed by atoms with E-state index >= 15 is 0 Å². The molecule has 0 bridgehead atoms. The third kappa shape index (κ3) is 12.6. The molecule has 0 aliphatic heterocycles. The number of benzene rings is 3. The maximum Gasteiger partial charge on any atom is 0.143 e. The smallest absolute Gasteiger partial charge is 0.143 e. The van der Waals surface area contributed by atoms with Gasteiger partial charge in [-0.25, -0.2) is 0 Å². The number of hydrogen-bond donors (Lipinski definition) is 0. The fraction of sp³-hybridized carbons (Fsp3) is 0.561. The summed E-state index contributed by atoms with van der Waals surface area (Å²) in [5.74, 6) is 0. The summed E-state index contributed by atoms with van der Waals surface area (Å²) in [5.41, 5.74) is 2.74. The molecule has 0 aromatic heterocycles. The standard InChI is InChI=1S/C41H60O2/c1-3-5-6-7-8-9-10-11-12-13-14-15-16-17-18-28-35-40(42-4-2)36-43-41(37-29-22-19-23-30-37,38-31-24-20-25-32-38)39-33-26-21-27-34-39/h19-27,29-34,40H,3-18,28,35-36H2,1-2H3. The van der Waals surface area contributed by atoms with E-state index in [1.165, 1.54) is 103 Å². The van der Waals surface area contributed by atoms with Gasteiger partial charge in [-0.1, -0.05) is 201 Å². The Labute approximate surface area is 264 Å². The molecule has 1 unspecified atom stereocenters. The van der Waals surface area contributed by atoms with Gasteiger partial charge in [-0.05, 0) is 30.0 Å². The fourth-order valence-electron chi connectivity index (χ4n) is 6.36. The normalized spacial score (nSPS) is 12.4. The second kappa shape index (κ2) is 22.1. The molecule has 3 aromatic carbocycles. The molecular formula is C41H60O2. The highest BCUT2D eigenvalue weighted by atomic mass is 16.5. The molecule has 3 aromatic rings. The van der Waals surface area contributed by atoms with Gasteiger partial charge in [-0.3, -0.25) is 0 Å². The Morgan fingerprint density at radius 1 is 0.465 bits per heavy atom. The van der Waals surface area contributed by atoms with Crippen molar-refractivity contribution in [3.05, 3.63) is 108 Å². The third-order valence-corrected chi connectivity index (χ3v) is 8.81. The van der Waals surface area contributed by atoms with Gasteiger partial charge in [0, 0.05) is 6.61 Å². The molecule has 0 fully saturated rings. The van der Waals surface area contributed by atoms with E-state index in [1.54, 1.807) is 0 Å². The molecule has 0 amide bonds. The van der Waals surface area contributed by atoms with Gasteiger partial charge < -0.3 is 9.47 Å². The molecule has 1 atom stereocenters. The fourth-order valence-corrected chi connectivity index (χ4v) is 6.36. The van der Waals surface area contributed by atoms with Crippen LogP contribution in [0.15, 0.2) is 91.0 Å². The molecule has 2 heteroatoms. The quantitative estimate of drug-likeness (QED) is 0.0728. The van der Waals surface area contributed by atoms with Crippen LogP contribution in [0.25, 0.3) is 0 Å². The van der Waals surface area contributed by atoms with Crippen LogP contribution in [0.1, 0.15) is 140 Å². The van der Waals surface area contributed by atoms with Crippen LogP contribution in [0.3, 0.4) is 0 Å². The predicted molar refractivity (Wildman–Crippen MR) is 185 cm³/mol. The summed E-state index contributed by atoms with van der Waals surface area (Å²) >= 11 is 0. The molecule has 3 rings (SSSR count). The Balaban J connectivity index is 1.43. The van der Waals surface area contributed by atoms with Gasteiger partial charge in [-0.15, -0.1) is 0 Å². The molecule has 0 spiro atoms. The maximum absolute atomic E-state index is 7.06. The lowest BCUT2D eigenvalue weighted by Crippen LogP contribution is -2.36. The monoisotopic (exact) mass is 584 g/mol. The summed E-state index contributed by atoms with van der Waals surface area (Å²) < 4.78 is 13.3. The summed E-state index contributed by atoms with van der Waals surface area (Å²) in [5, 5.41) is 0. The van der Waals surface area contributed by atoms with Crippen molar-refractivity contribution in [2.75, 3.05) is 13.2 Å². The van der Waals surface area contributed by atoms with Gasteiger partial charge >= 0.3 is 0 Å². The molecule has 0 radical (unpaired) electrons. The second-order valence-corrected chi connectivity index (χ2v) is 12.3. The molecule has 0 N–H and O–H groups in total. The zero-order valence-electron chi connectivity index (χ0n) is 27.5. The lowest BCUT2D eigenvalue weighted by Gasteiger charge is -2.37. The Bertz CT molecular complexity index is 936. The van der Waals surface area contributed by atoms with E-state index in [9.17, 15) is 0 Å². The Hall–Kier alpha value is -2.42. The SMILES string of the molecule is CCCCCCCCCCCCCCCCCCC(COC(c1ccccc1)(c1ccccc1)c1ccccc1)OCC. The van der Waals surface area contributed by atoms with Crippen LogP contribution in [-0.2, 0) is 15.1 Å². The zero-order chi connectivity index (χ0) is 30.3. The van der Waals surface area contributed by atoms with Gasteiger partial charge in [0.2, 0.25) is 0 Å². The summed E-state index contributed by atoms with van der Waals surface area (Å²) in [6, 6.07) is 32.0. The van der Waals surface area contributed by atoms with Crippen molar-refractivity contribution in [3.63, 3.8) is 0 Å². The highest BCUT2D eigenvalue weighted by Crippen LogP contribution is 2.40. The molecule has 43 heavy (non-hydrogen) atoms. The summed E-state index contributed by atoms with van der Waals surface area (Å²) in [4.78, 5) is 0. The van der Waals surface area contributed by atoms with E-state index in [2.05, 4.69) is 105 Å². The third-order valence-electron chi connectivity index (χ3n) is 8.81. The molecule has 0 heterocycles. The molecule has 0 aliphatic carbocycles. The van der Waals surface area contributed by atoms with E-state index in [0.717, 1.165) is 23.1 Å². The first kappa shape index (κ1) is 35.1. The minimum Gasteiger partial charge on any atom is -0.376 e. The lowest BCUT2D eigenvalue weighted by atomic mass is 9.80. The number of rotatable bonds is 25. The topological polar surface area (TPSA) is 18.5 Å². The minimum absolute atomic E-state index is 0.0900. The van der Waals surface area contributed by atoms with Crippen LogP contribution in [0.4, 0.5) is 0 Å². The predicted octanol–water partition coefficient (Wildman–Crippen LogP) is 12.1. The molecule has 0 saturated carbocycles.